The smallest absolute Gasteiger partial charge is 0.261 e. The lowest BCUT2D eigenvalue weighted by molar-refractivity contribution is 0.0575. The lowest BCUT2D eigenvalue weighted by Crippen LogP contribution is -2.34. The average molecular weight is 361 g/mol. The van der Waals surface area contributed by atoms with Gasteiger partial charge in [-0.3, -0.25) is 9.36 Å². The molecular weight excluding hydrogens is 344 g/mol. The number of halogens is 1. The van der Waals surface area contributed by atoms with Gasteiger partial charge in [-0.05, 0) is 30.9 Å². The van der Waals surface area contributed by atoms with E-state index in [4.69, 9.17) is 4.74 Å². The summed E-state index contributed by atoms with van der Waals surface area (Å²) in [6.07, 6.45) is 12.8. The first-order valence-corrected chi connectivity index (χ1v) is 8.48. The van der Waals surface area contributed by atoms with E-state index in [9.17, 15) is 4.79 Å². The van der Waals surface area contributed by atoms with E-state index in [1.807, 2.05) is 6.08 Å². The van der Waals surface area contributed by atoms with Gasteiger partial charge in [0.2, 0.25) is 0 Å². The molecule has 1 aliphatic heterocycles. The number of aromatic nitrogens is 2. The van der Waals surface area contributed by atoms with Crippen LogP contribution in [0.15, 0.2) is 39.4 Å². The van der Waals surface area contributed by atoms with Crippen LogP contribution in [0, 0.1) is 0 Å². The molecule has 3 aliphatic rings. The summed E-state index contributed by atoms with van der Waals surface area (Å²) >= 11 is 3.61. The van der Waals surface area contributed by atoms with E-state index in [2.05, 4.69) is 39.1 Å². The summed E-state index contributed by atoms with van der Waals surface area (Å²) in [6, 6.07) is 0.106. The van der Waals surface area contributed by atoms with Crippen molar-refractivity contribution in [3.8, 4) is 0 Å². The first-order valence-electron chi connectivity index (χ1n) is 7.69. The lowest BCUT2D eigenvalue weighted by Gasteiger charge is -2.29. The molecule has 5 heteroatoms. The third-order valence-corrected chi connectivity index (χ3v) is 5.31. The normalized spacial score (nSPS) is 26.8. The molecule has 0 radical (unpaired) electrons. The van der Waals surface area contributed by atoms with Gasteiger partial charge in [0.15, 0.2) is 0 Å². The zero-order chi connectivity index (χ0) is 15.1. The van der Waals surface area contributed by atoms with Crippen molar-refractivity contribution < 1.29 is 4.74 Å². The number of hydrogen-bond donors (Lipinski definition) is 0. The second kappa shape index (κ2) is 5.63. The van der Waals surface area contributed by atoms with Crippen LogP contribution in [0.25, 0.3) is 6.08 Å². The molecule has 0 spiro atoms. The number of hydrogen-bond acceptors (Lipinski definition) is 3. The summed E-state index contributed by atoms with van der Waals surface area (Å²) in [5.41, 5.74) is 2.88. The maximum Gasteiger partial charge on any atom is 0.261 e. The molecule has 0 bridgehead atoms. The first kappa shape index (κ1) is 14.2. The van der Waals surface area contributed by atoms with Crippen LogP contribution in [0.1, 0.15) is 42.5 Å². The van der Waals surface area contributed by atoms with Gasteiger partial charge in [-0.1, -0.05) is 34.2 Å². The van der Waals surface area contributed by atoms with Crippen LogP contribution in [0.5, 0.6) is 0 Å². The summed E-state index contributed by atoms with van der Waals surface area (Å²) < 4.78 is 8.26. The Morgan fingerprint density at radius 3 is 3.14 bits per heavy atom. The largest absolute Gasteiger partial charge is 0.379 e. The van der Waals surface area contributed by atoms with Crippen molar-refractivity contribution in [2.24, 2.45) is 0 Å². The molecular formula is C17H17BrN2O2. The molecule has 22 heavy (non-hydrogen) atoms. The Kier molecular flexibility index (Phi) is 3.62. The standard InChI is InChI=1S/C17H17BrN2O2/c18-15-8-14-16(13-6-2-1-5-12(13)15)19-10-20(17(14)21)11-4-3-7-22-9-11/h1-2,5,8,10-11,13H,3-4,6-7,9H2. The SMILES string of the molecule is O=c1c2c(ncn1C1CCCOC1)C1CC=CC=C1C(Br)=C2. The zero-order valence-electron chi connectivity index (χ0n) is 12.2. The van der Waals surface area contributed by atoms with Crippen molar-refractivity contribution in [3.63, 3.8) is 0 Å². The Morgan fingerprint density at radius 1 is 1.41 bits per heavy atom. The molecule has 2 heterocycles. The molecule has 1 fully saturated rings. The minimum atomic E-state index is 0.0473. The summed E-state index contributed by atoms with van der Waals surface area (Å²) in [5, 5.41) is 0. The van der Waals surface area contributed by atoms with Gasteiger partial charge < -0.3 is 4.74 Å². The fourth-order valence-corrected chi connectivity index (χ4v) is 4.09. The van der Waals surface area contributed by atoms with E-state index in [1.54, 1.807) is 10.9 Å². The Bertz CT molecular complexity index is 754. The molecule has 114 valence electrons. The van der Waals surface area contributed by atoms with Crippen molar-refractivity contribution in [1.29, 1.82) is 0 Å². The predicted molar refractivity (Wildman–Crippen MR) is 89.1 cm³/mol. The highest BCUT2D eigenvalue weighted by Crippen LogP contribution is 2.42. The van der Waals surface area contributed by atoms with Gasteiger partial charge in [-0.25, -0.2) is 4.98 Å². The van der Waals surface area contributed by atoms with Crippen LogP contribution >= 0.6 is 15.9 Å². The molecule has 2 atom stereocenters. The molecule has 1 saturated heterocycles. The second-order valence-electron chi connectivity index (χ2n) is 5.96. The minimum absolute atomic E-state index is 0.0473. The van der Waals surface area contributed by atoms with Crippen molar-refractivity contribution in [2.75, 3.05) is 13.2 Å². The highest BCUT2D eigenvalue weighted by Gasteiger charge is 2.30. The van der Waals surface area contributed by atoms with Crippen molar-refractivity contribution in [3.05, 3.63) is 56.2 Å². The Balaban J connectivity index is 1.82. The van der Waals surface area contributed by atoms with Gasteiger partial charge in [0.05, 0.1) is 30.2 Å². The van der Waals surface area contributed by atoms with Gasteiger partial charge in [0, 0.05) is 17.0 Å². The van der Waals surface area contributed by atoms with E-state index < -0.39 is 0 Å². The van der Waals surface area contributed by atoms with E-state index in [0.29, 0.717) is 6.61 Å². The lowest BCUT2D eigenvalue weighted by atomic mass is 9.82. The number of nitrogens with zero attached hydrogens (tertiary/aromatic N) is 2. The molecule has 0 amide bonds. The predicted octanol–water partition coefficient (Wildman–Crippen LogP) is 3.31. The minimum Gasteiger partial charge on any atom is -0.379 e. The Labute approximate surface area is 137 Å². The topological polar surface area (TPSA) is 44.1 Å². The number of rotatable bonds is 1. The van der Waals surface area contributed by atoms with Crippen molar-refractivity contribution in [1.82, 2.24) is 9.55 Å². The van der Waals surface area contributed by atoms with Crippen LogP contribution in [-0.4, -0.2) is 22.8 Å². The maximum atomic E-state index is 12.9. The van der Waals surface area contributed by atoms with Crippen molar-refractivity contribution in [2.45, 2.75) is 31.2 Å². The fourth-order valence-electron chi connectivity index (χ4n) is 3.46. The molecule has 1 aromatic rings. The van der Waals surface area contributed by atoms with Crippen LogP contribution in [-0.2, 0) is 4.74 Å². The zero-order valence-corrected chi connectivity index (χ0v) is 13.8. The Morgan fingerprint density at radius 2 is 2.32 bits per heavy atom. The monoisotopic (exact) mass is 360 g/mol. The number of fused-ring (bicyclic) bond motifs is 3. The van der Waals surface area contributed by atoms with E-state index in [-0.39, 0.29) is 17.5 Å². The quantitative estimate of drug-likeness (QED) is 0.771. The molecule has 0 saturated carbocycles. The maximum absolute atomic E-state index is 12.9. The molecule has 2 aliphatic carbocycles. The van der Waals surface area contributed by atoms with E-state index in [1.165, 1.54) is 5.57 Å². The summed E-state index contributed by atoms with van der Waals surface area (Å²) in [6.45, 7) is 1.39. The van der Waals surface area contributed by atoms with Gasteiger partial charge >= 0.3 is 0 Å². The Hall–Kier alpha value is -1.46. The first-order chi connectivity index (χ1) is 10.8. The molecule has 1 aromatic heterocycles. The van der Waals surface area contributed by atoms with Crippen LogP contribution < -0.4 is 5.56 Å². The highest BCUT2D eigenvalue weighted by atomic mass is 79.9. The molecule has 2 unspecified atom stereocenters. The summed E-state index contributed by atoms with van der Waals surface area (Å²) in [7, 11) is 0. The number of allylic oxidation sites excluding steroid dienone is 5. The summed E-state index contributed by atoms with van der Waals surface area (Å²) in [5.74, 6) is 0.185. The molecule has 4 nitrogen and oxygen atoms in total. The second-order valence-corrected chi connectivity index (χ2v) is 6.81. The number of ether oxygens (including phenoxy) is 1. The average Bonchev–Trinajstić information content (AvgIpc) is 2.57. The molecule has 0 N–H and O–H groups in total. The fraction of sp³-hybridized carbons (Fsp3) is 0.412. The molecule has 4 rings (SSSR count). The third-order valence-electron chi connectivity index (χ3n) is 4.63. The van der Waals surface area contributed by atoms with Crippen LogP contribution in [0.2, 0.25) is 0 Å². The highest BCUT2D eigenvalue weighted by molar-refractivity contribution is 9.12. The van der Waals surface area contributed by atoms with E-state index >= 15 is 0 Å². The van der Waals surface area contributed by atoms with Gasteiger partial charge in [-0.15, -0.1) is 0 Å². The summed E-state index contributed by atoms with van der Waals surface area (Å²) in [4.78, 5) is 17.5. The molecule has 0 aromatic carbocycles. The van der Waals surface area contributed by atoms with Crippen LogP contribution in [0.3, 0.4) is 0 Å². The van der Waals surface area contributed by atoms with E-state index in [0.717, 1.165) is 41.6 Å². The third kappa shape index (κ3) is 2.23. The van der Waals surface area contributed by atoms with Crippen molar-refractivity contribution >= 4 is 22.0 Å². The van der Waals surface area contributed by atoms with Gasteiger partial charge in [-0.2, -0.15) is 0 Å². The van der Waals surface area contributed by atoms with Gasteiger partial charge in [0.25, 0.3) is 5.56 Å². The van der Waals surface area contributed by atoms with Crippen LogP contribution in [0.4, 0.5) is 0 Å². The van der Waals surface area contributed by atoms with Gasteiger partial charge in [0.1, 0.15) is 0 Å².